The van der Waals surface area contributed by atoms with Gasteiger partial charge in [-0.15, -0.1) is 0 Å². The van der Waals surface area contributed by atoms with Crippen molar-refractivity contribution in [1.82, 2.24) is 9.97 Å². The van der Waals surface area contributed by atoms with Crippen LogP contribution in [0.5, 0.6) is 0 Å². The van der Waals surface area contributed by atoms with E-state index in [4.69, 9.17) is 16.7 Å². The molecule has 0 aliphatic heterocycles. The Morgan fingerprint density at radius 3 is 2.56 bits per heavy atom. The number of fused-ring (bicyclic) bond motifs is 1. The van der Waals surface area contributed by atoms with E-state index in [0.29, 0.717) is 11.4 Å². The lowest BCUT2D eigenvalue weighted by Gasteiger charge is -2.13. The number of rotatable bonds is 4. The smallest absolute Gasteiger partial charge is 0.222 e. The lowest BCUT2D eigenvalue weighted by Crippen LogP contribution is -2.31. The van der Waals surface area contributed by atoms with E-state index in [1.54, 1.807) is 6.92 Å². The van der Waals surface area contributed by atoms with Gasteiger partial charge in [0.25, 0.3) is 0 Å². The van der Waals surface area contributed by atoms with E-state index >= 15 is 0 Å². The molecular formula is C19H19N5O. The predicted molar refractivity (Wildman–Crippen MR) is 96.3 cm³/mol. The molecule has 3 aromatic rings. The summed E-state index contributed by atoms with van der Waals surface area (Å²) < 4.78 is 0. The van der Waals surface area contributed by atoms with Gasteiger partial charge in [-0.1, -0.05) is 25.1 Å². The lowest BCUT2D eigenvalue weighted by molar-refractivity contribution is -0.121. The molecule has 2 aromatic carbocycles. The summed E-state index contributed by atoms with van der Waals surface area (Å²) in [6.07, 6.45) is 0. The van der Waals surface area contributed by atoms with Crippen LogP contribution in [0.25, 0.3) is 22.2 Å². The minimum Gasteiger partial charge on any atom is -0.369 e. The average Bonchev–Trinajstić information content (AvgIpc) is 3.03. The third-order valence-electron chi connectivity index (χ3n) is 4.48. The molecular weight excluding hydrogens is 314 g/mol. The molecule has 2 atom stereocenters. The van der Waals surface area contributed by atoms with Crippen molar-refractivity contribution in [3.63, 3.8) is 0 Å². The van der Waals surface area contributed by atoms with Crippen molar-refractivity contribution in [3.05, 3.63) is 53.3 Å². The SMILES string of the molecule is Cc1cc(-c2ccc3[nH]c([C@@H](N)[C@@H](C)C(N)=O)nc3c2)ccc1C#N. The second-order valence-electron chi connectivity index (χ2n) is 6.21. The highest BCUT2D eigenvalue weighted by Crippen LogP contribution is 2.27. The molecule has 25 heavy (non-hydrogen) atoms. The summed E-state index contributed by atoms with van der Waals surface area (Å²) in [6, 6.07) is 13.2. The van der Waals surface area contributed by atoms with Crippen LogP contribution in [0.15, 0.2) is 36.4 Å². The maximum atomic E-state index is 11.3. The van der Waals surface area contributed by atoms with Gasteiger partial charge in [-0.25, -0.2) is 4.98 Å². The third kappa shape index (κ3) is 3.10. The van der Waals surface area contributed by atoms with Crippen molar-refractivity contribution >= 4 is 16.9 Å². The lowest BCUT2D eigenvalue weighted by atomic mass is 10.00. The van der Waals surface area contributed by atoms with Crippen molar-refractivity contribution in [3.8, 4) is 17.2 Å². The molecule has 6 heteroatoms. The van der Waals surface area contributed by atoms with Crippen LogP contribution in [0.2, 0.25) is 0 Å². The van der Waals surface area contributed by atoms with E-state index in [1.165, 1.54) is 0 Å². The number of nitriles is 1. The number of primary amides is 1. The van der Waals surface area contributed by atoms with E-state index < -0.39 is 17.9 Å². The van der Waals surface area contributed by atoms with Crippen LogP contribution in [0.1, 0.15) is 29.9 Å². The average molecular weight is 333 g/mol. The van der Waals surface area contributed by atoms with E-state index in [0.717, 1.165) is 27.7 Å². The first kappa shape index (κ1) is 16.7. The van der Waals surface area contributed by atoms with Crippen molar-refractivity contribution in [1.29, 1.82) is 5.26 Å². The van der Waals surface area contributed by atoms with Crippen LogP contribution in [0, 0.1) is 24.2 Å². The molecule has 0 saturated carbocycles. The van der Waals surface area contributed by atoms with Gasteiger partial charge in [-0.3, -0.25) is 4.79 Å². The Kier molecular flexibility index (Phi) is 4.26. The molecule has 0 aliphatic carbocycles. The number of nitrogens with two attached hydrogens (primary N) is 2. The van der Waals surface area contributed by atoms with E-state index in [1.807, 2.05) is 43.3 Å². The first-order chi connectivity index (χ1) is 11.9. The quantitative estimate of drug-likeness (QED) is 0.679. The molecule has 3 rings (SSSR count). The summed E-state index contributed by atoms with van der Waals surface area (Å²) in [5.74, 6) is -0.433. The maximum absolute atomic E-state index is 11.3. The van der Waals surface area contributed by atoms with Crippen LogP contribution < -0.4 is 11.5 Å². The van der Waals surface area contributed by atoms with Gasteiger partial charge in [0.15, 0.2) is 0 Å². The number of aromatic nitrogens is 2. The van der Waals surface area contributed by atoms with Crippen molar-refractivity contribution in [2.45, 2.75) is 19.9 Å². The number of hydrogen-bond donors (Lipinski definition) is 3. The number of aromatic amines is 1. The Hall–Kier alpha value is -3.17. The molecule has 0 fully saturated rings. The molecule has 126 valence electrons. The monoisotopic (exact) mass is 333 g/mol. The van der Waals surface area contributed by atoms with Crippen molar-refractivity contribution in [2.24, 2.45) is 17.4 Å². The Balaban J connectivity index is 1.99. The van der Waals surface area contributed by atoms with Gasteiger partial charge in [0.05, 0.1) is 34.6 Å². The number of H-pyrrole nitrogens is 1. The molecule has 0 saturated heterocycles. The molecule has 1 aromatic heterocycles. The highest BCUT2D eigenvalue weighted by atomic mass is 16.1. The van der Waals surface area contributed by atoms with Crippen LogP contribution in [-0.2, 0) is 4.79 Å². The van der Waals surface area contributed by atoms with Gasteiger partial charge < -0.3 is 16.5 Å². The Labute approximate surface area is 145 Å². The van der Waals surface area contributed by atoms with Gasteiger partial charge in [-0.05, 0) is 41.8 Å². The zero-order valence-electron chi connectivity index (χ0n) is 14.1. The Morgan fingerprint density at radius 2 is 1.92 bits per heavy atom. The number of carbonyl (C=O) groups is 1. The first-order valence-electron chi connectivity index (χ1n) is 7.96. The van der Waals surface area contributed by atoms with Crippen molar-refractivity contribution < 1.29 is 4.79 Å². The second-order valence-corrected chi connectivity index (χ2v) is 6.21. The highest BCUT2D eigenvalue weighted by Gasteiger charge is 2.22. The highest BCUT2D eigenvalue weighted by molar-refractivity contribution is 5.83. The standard InChI is InChI=1S/C19H19N5O/c1-10-7-12(3-4-14(10)9-20)13-5-6-15-16(8-13)24-19(23-15)17(21)11(2)18(22)25/h3-8,11,17H,21H2,1-2H3,(H2,22,25)(H,23,24)/t11-,17+/m1/s1. The van der Waals surface area contributed by atoms with E-state index in [2.05, 4.69) is 16.0 Å². The number of benzene rings is 2. The zero-order chi connectivity index (χ0) is 18.1. The van der Waals surface area contributed by atoms with Crippen molar-refractivity contribution in [2.75, 3.05) is 0 Å². The van der Waals surface area contributed by atoms with Crippen LogP contribution in [0.4, 0.5) is 0 Å². The normalized spacial score (nSPS) is 13.4. The molecule has 1 amide bonds. The molecule has 0 bridgehead atoms. The summed E-state index contributed by atoms with van der Waals surface area (Å²) >= 11 is 0. The minimum atomic E-state index is -0.578. The predicted octanol–water partition coefficient (Wildman–Crippen LogP) is 2.53. The molecule has 5 N–H and O–H groups in total. The van der Waals surface area contributed by atoms with Gasteiger partial charge in [-0.2, -0.15) is 5.26 Å². The summed E-state index contributed by atoms with van der Waals surface area (Å²) in [6.45, 7) is 3.60. The minimum absolute atomic E-state index is 0.457. The molecule has 0 aliphatic rings. The third-order valence-corrected chi connectivity index (χ3v) is 4.48. The molecule has 1 heterocycles. The second kappa shape index (κ2) is 6.38. The molecule has 6 nitrogen and oxygen atoms in total. The summed E-state index contributed by atoms with van der Waals surface area (Å²) in [5, 5.41) is 9.05. The largest absolute Gasteiger partial charge is 0.369 e. The fraction of sp³-hybridized carbons (Fsp3) is 0.211. The number of carbonyl (C=O) groups excluding carboxylic acids is 1. The van der Waals surface area contributed by atoms with E-state index in [-0.39, 0.29) is 0 Å². The summed E-state index contributed by atoms with van der Waals surface area (Å²) in [5.41, 5.74) is 16.6. The van der Waals surface area contributed by atoms with Crippen LogP contribution >= 0.6 is 0 Å². The number of amides is 1. The van der Waals surface area contributed by atoms with Gasteiger partial charge in [0, 0.05) is 0 Å². The Morgan fingerprint density at radius 1 is 1.24 bits per heavy atom. The number of nitrogens with zero attached hydrogens (tertiary/aromatic N) is 2. The molecule has 0 radical (unpaired) electrons. The van der Waals surface area contributed by atoms with Crippen LogP contribution in [0.3, 0.4) is 0 Å². The summed E-state index contributed by atoms with van der Waals surface area (Å²) in [7, 11) is 0. The topological polar surface area (TPSA) is 122 Å². The molecule has 0 spiro atoms. The number of aryl methyl sites for hydroxylation is 1. The van der Waals surface area contributed by atoms with E-state index in [9.17, 15) is 4.79 Å². The van der Waals surface area contributed by atoms with Crippen LogP contribution in [-0.4, -0.2) is 15.9 Å². The first-order valence-corrected chi connectivity index (χ1v) is 7.96. The molecule has 0 unspecified atom stereocenters. The van der Waals surface area contributed by atoms with Gasteiger partial charge >= 0.3 is 0 Å². The number of imidazole rings is 1. The fourth-order valence-corrected chi connectivity index (χ4v) is 2.75. The maximum Gasteiger partial charge on any atom is 0.222 e. The summed E-state index contributed by atoms with van der Waals surface area (Å²) in [4.78, 5) is 19.0. The number of hydrogen-bond acceptors (Lipinski definition) is 4. The van der Waals surface area contributed by atoms with Gasteiger partial charge in [0.2, 0.25) is 5.91 Å². The Bertz CT molecular complexity index is 999. The van der Waals surface area contributed by atoms with Gasteiger partial charge in [0.1, 0.15) is 5.82 Å². The number of nitrogens with one attached hydrogen (secondary N) is 1. The fourth-order valence-electron chi connectivity index (χ4n) is 2.75. The zero-order valence-corrected chi connectivity index (χ0v) is 14.1.